The fourth-order valence-electron chi connectivity index (χ4n) is 0.827. The molecule has 0 aliphatic heterocycles. The zero-order valence-corrected chi connectivity index (χ0v) is 7.49. The van der Waals surface area contributed by atoms with E-state index in [9.17, 15) is 0 Å². The first-order chi connectivity index (χ1) is 5.75. The van der Waals surface area contributed by atoms with Gasteiger partial charge in [0.2, 0.25) is 5.95 Å². The quantitative estimate of drug-likeness (QED) is 0.737. The summed E-state index contributed by atoms with van der Waals surface area (Å²) in [5.41, 5.74) is 5.34. The van der Waals surface area contributed by atoms with Gasteiger partial charge in [0.15, 0.2) is 5.82 Å². The summed E-state index contributed by atoms with van der Waals surface area (Å²) in [6.45, 7) is 0. The molecule has 0 aliphatic carbocycles. The van der Waals surface area contributed by atoms with Crippen molar-refractivity contribution in [3.63, 3.8) is 0 Å². The number of nitrogens with one attached hydrogen (secondary N) is 1. The fraction of sp³-hybridized carbons (Fsp3) is 0. The van der Waals surface area contributed by atoms with Crippen LogP contribution in [0.4, 0.5) is 5.95 Å². The van der Waals surface area contributed by atoms with E-state index in [4.69, 9.17) is 17.3 Å². The Bertz CT molecular complexity index is 355. The van der Waals surface area contributed by atoms with Crippen LogP contribution in [0.5, 0.6) is 0 Å². The second-order valence-electron chi connectivity index (χ2n) is 2.15. The number of hydrogen-bond acceptors (Lipinski definition) is 4. The highest BCUT2D eigenvalue weighted by atomic mass is 35.5. The Balaban J connectivity index is 2.43. The standard InChI is InChI=1S/C6H5ClN4S/c7-4-2-1-3(12-4)5-9-6(8)11-10-5/h1-2H,(H3,8,9,10,11). The summed E-state index contributed by atoms with van der Waals surface area (Å²) in [6.07, 6.45) is 0. The molecule has 4 nitrogen and oxygen atoms in total. The number of hydrogen-bond donors (Lipinski definition) is 2. The molecule has 2 aromatic rings. The minimum absolute atomic E-state index is 0.245. The second-order valence-corrected chi connectivity index (χ2v) is 3.86. The molecule has 0 fully saturated rings. The van der Waals surface area contributed by atoms with E-state index in [-0.39, 0.29) is 5.95 Å². The highest BCUT2D eigenvalue weighted by Gasteiger charge is 2.05. The maximum atomic E-state index is 5.74. The Hall–Kier alpha value is -1.07. The number of H-pyrrole nitrogens is 1. The van der Waals surface area contributed by atoms with Crippen molar-refractivity contribution in [3.8, 4) is 10.7 Å². The highest BCUT2D eigenvalue weighted by molar-refractivity contribution is 7.19. The molecule has 2 heterocycles. The molecular weight excluding hydrogens is 196 g/mol. The summed E-state index contributed by atoms with van der Waals surface area (Å²) in [6, 6.07) is 3.67. The van der Waals surface area contributed by atoms with Crippen molar-refractivity contribution in [2.24, 2.45) is 0 Å². The van der Waals surface area contributed by atoms with Crippen molar-refractivity contribution < 1.29 is 0 Å². The van der Waals surface area contributed by atoms with Gasteiger partial charge in [-0.05, 0) is 12.1 Å². The minimum atomic E-state index is 0.245. The predicted molar refractivity (Wildman–Crippen MR) is 49.1 cm³/mol. The molecule has 0 atom stereocenters. The van der Waals surface area contributed by atoms with Crippen molar-refractivity contribution >= 4 is 28.9 Å². The maximum Gasteiger partial charge on any atom is 0.239 e. The molecule has 6 heteroatoms. The number of nitrogens with zero attached hydrogens (tertiary/aromatic N) is 2. The molecule has 0 amide bonds. The van der Waals surface area contributed by atoms with Crippen LogP contribution < -0.4 is 5.73 Å². The smallest absolute Gasteiger partial charge is 0.239 e. The van der Waals surface area contributed by atoms with Gasteiger partial charge in [0.05, 0.1) is 9.21 Å². The lowest BCUT2D eigenvalue weighted by atomic mass is 10.4. The van der Waals surface area contributed by atoms with Gasteiger partial charge in [0, 0.05) is 0 Å². The SMILES string of the molecule is Nc1n[nH]c(-c2ccc(Cl)s2)n1. The van der Waals surface area contributed by atoms with Crippen molar-refractivity contribution in [1.82, 2.24) is 15.2 Å². The van der Waals surface area contributed by atoms with Gasteiger partial charge in [-0.1, -0.05) is 11.6 Å². The molecule has 62 valence electrons. The van der Waals surface area contributed by atoms with Crippen LogP contribution in [0.1, 0.15) is 0 Å². The molecule has 0 saturated carbocycles. The molecular formula is C6H5ClN4S. The normalized spacial score (nSPS) is 10.4. The zero-order valence-electron chi connectivity index (χ0n) is 5.91. The number of nitrogens with two attached hydrogens (primary N) is 1. The average molecular weight is 201 g/mol. The molecule has 12 heavy (non-hydrogen) atoms. The van der Waals surface area contributed by atoms with E-state index in [1.54, 1.807) is 6.07 Å². The lowest BCUT2D eigenvalue weighted by molar-refractivity contribution is 1.11. The molecule has 0 spiro atoms. The van der Waals surface area contributed by atoms with E-state index in [1.807, 2.05) is 6.07 Å². The van der Waals surface area contributed by atoms with E-state index in [1.165, 1.54) is 11.3 Å². The van der Waals surface area contributed by atoms with Gasteiger partial charge in [-0.15, -0.1) is 16.4 Å². The largest absolute Gasteiger partial charge is 0.366 e. The molecule has 2 aromatic heterocycles. The lowest BCUT2D eigenvalue weighted by Crippen LogP contribution is -1.84. The van der Waals surface area contributed by atoms with Gasteiger partial charge in [-0.2, -0.15) is 4.98 Å². The van der Waals surface area contributed by atoms with Crippen LogP contribution in [0, 0.1) is 0 Å². The monoisotopic (exact) mass is 200 g/mol. The Morgan fingerprint density at radius 1 is 1.50 bits per heavy atom. The fourth-order valence-corrected chi connectivity index (χ4v) is 1.81. The third kappa shape index (κ3) is 1.28. The summed E-state index contributed by atoms with van der Waals surface area (Å²) in [4.78, 5) is 4.89. The summed E-state index contributed by atoms with van der Waals surface area (Å²) in [7, 11) is 0. The number of rotatable bonds is 1. The van der Waals surface area contributed by atoms with Crippen LogP contribution in [0.2, 0.25) is 4.34 Å². The number of aromatic nitrogens is 3. The number of aromatic amines is 1. The van der Waals surface area contributed by atoms with Gasteiger partial charge in [0.25, 0.3) is 0 Å². The Morgan fingerprint density at radius 2 is 2.33 bits per heavy atom. The third-order valence-corrected chi connectivity index (χ3v) is 2.55. The molecule has 0 radical (unpaired) electrons. The average Bonchev–Trinajstić information content (AvgIpc) is 2.58. The third-order valence-electron chi connectivity index (χ3n) is 1.31. The van der Waals surface area contributed by atoms with E-state index in [0.717, 1.165) is 9.21 Å². The maximum absolute atomic E-state index is 5.74. The van der Waals surface area contributed by atoms with E-state index in [2.05, 4.69) is 15.2 Å². The van der Waals surface area contributed by atoms with Crippen LogP contribution in [0.25, 0.3) is 10.7 Å². The number of thiophene rings is 1. The highest BCUT2D eigenvalue weighted by Crippen LogP contribution is 2.28. The summed E-state index contributed by atoms with van der Waals surface area (Å²) < 4.78 is 0.722. The summed E-state index contributed by atoms with van der Waals surface area (Å²) in [5, 5.41) is 6.41. The summed E-state index contributed by atoms with van der Waals surface area (Å²) in [5.74, 6) is 0.902. The van der Waals surface area contributed by atoms with Gasteiger partial charge >= 0.3 is 0 Å². The number of halogens is 1. The minimum Gasteiger partial charge on any atom is -0.366 e. The van der Waals surface area contributed by atoms with Crippen LogP contribution >= 0.6 is 22.9 Å². The number of anilines is 1. The molecule has 0 bridgehead atoms. The van der Waals surface area contributed by atoms with Crippen molar-refractivity contribution in [1.29, 1.82) is 0 Å². The molecule has 0 saturated heterocycles. The van der Waals surface area contributed by atoms with Gasteiger partial charge in [-0.25, -0.2) is 0 Å². The van der Waals surface area contributed by atoms with Crippen LogP contribution in [0.3, 0.4) is 0 Å². The first kappa shape index (κ1) is 7.57. The topological polar surface area (TPSA) is 67.6 Å². The predicted octanol–water partition coefficient (Wildman–Crippen LogP) is 1.77. The lowest BCUT2D eigenvalue weighted by Gasteiger charge is -1.84. The van der Waals surface area contributed by atoms with Crippen molar-refractivity contribution in [3.05, 3.63) is 16.5 Å². The number of nitrogen functional groups attached to an aromatic ring is 1. The van der Waals surface area contributed by atoms with Gasteiger partial charge in [0.1, 0.15) is 0 Å². The molecule has 0 aliphatic rings. The van der Waals surface area contributed by atoms with Gasteiger partial charge < -0.3 is 5.73 Å². The van der Waals surface area contributed by atoms with Crippen LogP contribution in [0.15, 0.2) is 12.1 Å². The van der Waals surface area contributed by atoms with E-state index >= 15 is 0 Å². The molecule has 2 rings (SSSR count). The van der Waals surface area contributed by atoms with Crippen molar-refractivity contribution in [2.75, 3.05) is 5.73 Å². The zero-order chi connectivity index (χ0) is 8.55. The summed E-state index contributed by atoms with van der Waals surface area (Å²) >= 11 is 7.17. The second kappa shape index (κ2) is 2.76. The van der Waals surface area contributed by atoms with Crippen LogP contribution in [-0.4, -0.2) is 15.2 Å². The Labute approximate surface area is 77.4 Å². The Kier molecular flexibility index (Phi) is 1.74. The van der Waals surface area contributed by atoms with Crippen molar-refractivity contribution in [2.45, 2.75) is 0 Å². The first-order valence-corrected chi connectivity index (χ1v) is 4.39. The van der Waals surface area contributed by atoms with E-state index in [0.29, 0.717) is 5.82 Å². The molecule has 0 aromatic carbocycles. The molecule has 3 N–H and O–H groups in total. The van der Waals surface area contributed by atoms with E-state index < -0.39 is 0 Å². The van der Waals surface area contributed by atoms with Gasteiger partial charge in [-0.3, -0.25) is 5.10 Å². The molecule has 0 unspecified atom stereocenters. The Morgan fingerprint density at radius 3 is 2.83 bits per heavy atom. The first-order valence-electron chi connectivity index (χ1n) is 3.19. The van der Waals surface area contributed by atoms with Crippen LogP contribution in [-0.2, 0) is 0 Å².